The van der Waals surface area contributed by atoms with Gasteiger partial charge in [0.1, 0.15) is 5.60 Å². The topological polar surface area (TPSA) is 119 Å². The average molecular weight is 450 g/mol. The molecule has 2 aromatic carbocycles. The summed E-state index contributed by atoms with van der Waals surface area (Å²) >= 11 is 0. The number of carbonyl (C=O) groups is 1. The Bertz CT molecular complexity index is 1020. The molecular formula is C21H27N3O6S. The van der Waals surface area contributed by atoms with Crippen LogP contribution in [0, 0.1) is 10.1 Å². The van der Waals surface area contributed by atoms with Crippen molar-refractivity contribution < 1.29 is 22.9 Å². The first-order valence-electron chi connectivity index (χ1n) is 9.63. The summed E-state index contributed by atoms with van der Waals surface area (Å²) in [7, 11) is -2.85. The molecule has 0 saturated carbocycles. The number of benzene rings is 2. The van der Waals surface area contributed by atoms with Crippen molar-refractivity contribution >= 4 is 21.8 Å². The van der Waals surface area contributed by atoms with E-state index in [1.165, 1.54) is 25.2 Å². The number of nitro benzene ring substituents is 1. The van der Waals surface area contributed by atoms with Gasteiger partial charge < -0.3 is 10.1 Å². The molecule has 1 atom stereocenters. The van der Waals surface area contributed by atoms with E-state index < -0.39 is 43.3 Å². The van der Waals surface area contributed by atoms with Crippen LogP contribution in [-0.2, 0) is 21.2 Å². The van der Waals surface area contributed by atoms with Crippen LogP contribution in [-0.4, -0.2) is 49.0 Å². The van der Waals surface area contributed by atoms with Gasteiger partial charge in [0.05, 0.1) is 11.0 Å². The highest BCUT2D eigenvalue weighted by Crippen LogP contribution is 2.25. The number of carbonyl (C=O) groups excluding carboxylic acids is 1. The van der Waals surface area contributed by atoms with Gasteiger partial charge in [-0.2, -0.15) is 4.31 Å². The van der Waals surface area contributed by atoms with Gasteiger partial charge in [-0.1, -0.05) is 42.5 Å². The SMILES string of the molecule is CN(C[C@H](Cc1ccccc1)NC(=O)OC(C)(C)C)S(=O)(=O)c1ccccc1[N+](=O)[O-]. The summed E-state index contributed by atoms with van der Waals surface area (Å²) in [5.41, 5.74) is -0.335. The van der Waals surface area contributed by atoms with E-state index in [9.17, 15) is 23.3 Å². The van der Waals surface area contributed by atoms with Gasteiger partial charge in [-0.05, 0) is 38.8 Å². The lowest BCUT2D eigenvalue weighted by Gasteiger charge is -2.27. The van der Waals surface area contributed by atoms with Crippen molar-refractivity contribution in [3.8, 4) is 0 Å². The van der Waals surface area contributed by atoms with E-state index in [1.807, 2.05) is 30.3 Å². The molecule has 0 unspecified atom stereocenters. The van der Waals surface area contributed by atoms with Crippen molar-refractivity contribution in [3.63, 3.8) is 0 Å². The molecule has 0 bridgehead atoms. The first kappa shape index (κ1) is 24.3. The van der Waals surface area contributed by atoms with Crippen molar-refractivity contribution in [3.05, 3.63) is 70.3 Å². The van der Waals surface area contributed by atoms with Crippen LogP contribution in [0.4, 0.5) is 10.5 Å². The van der Waals surface area contributed by atoms with Gasteiger partial charge in [-0.25, -0.2) is 13.2 Å². The molecule has 0 aliphatic heterocycles. The Kier molecular flexibility index (Phi) is 7.75. The Labute approximate surface area is 182 Å². The highest BCUT2D eigenvalue weighted by atomic mass is 32.2. The summed E-state index contributed by atoms with van der Waals surface area (Å²) in [4.78, 5) is 22.5. The molecule has 0 radical (unpaired) electrons. The lowest BCUT2D eigenvalue weighted by molar-refractivity contribution is -0.387. The van der Waals surface area contributed by atoms with Crippen LogP contribution >= 0.6 is 0 Å². The molecule has 2 aromatic rings. The molecule has 0 aliphatic carbocycles. The quantitative estimate of drug-likeness (QED) is 0.488. The standard InChI is InChI=1S/C21H27N3O6S/c1-21(2,3)30-20(25)22-17(14-16-10-6-5-7-11-16)15-23(4)31(28,29)19-13-9-8-12-18(19)24(26)27/h5-13,17H,14-15H2,1-4H3,(H,22,25)/t17-/m0/s1. The number of nitrogens with zero attached hydrogens (tertiary/aromatic N) is 2. The molecule has 168 valence electrons. The van der Waals surface area contributed by atoms with E-state index in [2.05, 4.69) is 5.32 Å². The largest absolute Gasteiger partial charge is 0.444 e. The third kappa shape index (κ3) is 7.04. The third-order valence-electron chi connectivity index (χ3n) is 4.27. The zero-order valence-electron chi connectivity index (χ0n) is 17.9. The van der Waals surface area contributed by atoms with Crippen molar-refractivity contribution in [2.45, 2.75) is 43.7 Å². The number of rotatable bonds is 8. The van der Waals surface area contributed by atoms with Crippen LogP contribution in [0.3, 0.4) is 0 Å². The number of sulfonamides is 1. The van der Waals surface area contributed by atoms with Gasteiger partial charge in [0.2, 0.25) is 10.0 Å². The minimum Gasteiger partial charge on any atom is -0.444 e. The van der Waals surface area contributed by atoms with E-state index in [0.717, 1.165) is 15.9 Å². The Hall–Kier alpha value is -2.98. The summed E-state index contributed by atoms with van der Waals surface area (Å²) in [6.07, 6.45) is -0.332. The molecule has 0 fully saturated rings. The van der Waals surface area contributed by atoms with E-state index >= 15 is 0 Å². The summed E-state index contributed by atoms with van der Waals surface area (Å²) in [5, 5.41) is 14.0. The lowest BCUT2D eigenvalue weighted by atomic mass is 10.1. The number of nitro groups is 1. The molecule has 10 heteroatoms. The minimum absolute atomic E-state index is 0.109. The van der Waals surface area contributed by atoms with E-state index in [4.69, 9.17) is 4.74 Å². The lowest BCUT2D eigenvalue weighted by Crippen LogP contribution is -2.47. The number of likely N-dealkylation sites (N-methyl/N-ethyl adjacent to an activating group) is 1. The molecule has 31 heavy (non-hydrogen) atoms. The van der Waals surface area contributed by atoms with Gasteiger partial charge in [-0.15, -0.1) is 0 Å². The van der Waals surface area contributed by atoms with Gasteiger partial charge in [-0.3, -0.25) is 10.1 Å². The second-order valence-electron chi connectivity index (χ2n) is 8.04. The fourth-order valence-corrected chi connectivity index (χ4v) is 4.31. The number of hydrogen-bond donors (Lipinski definition) is 1. The highest BCUT2D eigenvalue weighted by Gasteiger charge is 2.31. The maximum absolute atomic E-state index is 13.0. The van der Waals surface area contributed by atoms with Crippen LogP contribution < -0.4 is 5.32 Å². The minimum atomic E-state index is -4.17. The highest BCUT2D eigenvalue weighted by molar-refractivity contribution is 7.89. The smallest absolute Gasteiger partial charge is 0.407 e. The van der Waals surface area contributed by atoms with Crippen molar-refractivity contribution in [1.29, 1.82) is 0 Å². The van der Waals surface area contributed by atoms with Crippen LogP contribution in [0.25, 0.3) is 0 Å². The number of para-hydroxylation sites is 1. The molecule has 1 N–H and O–H groups in total. The Morgan fingerprint density at radius 2 is 1.71 bits per heavy atom. The molecule has 1 amide bonds. The molecule has 9 nitrogen and oxygen atoms in total. The van der Waals surface area contributed by atoms with Crippen molar-refractivity contribution in [2.24, 2.45) is 0 Å². The normalized spacial score (nSPS) is 12.9. The summed E-state index contributed by atoms with van der Waals surface area (Å²) in [5.74, 6) is 0. The predicted octanol–water partition coefficient (Wildman–Crippen LogP) is 3.35. The van der Waals surface area contributed by atoms with E-state index in [-0.39, 0.29) is 6.54 Å². The number of alkyl carbamates (subject to hydrolysis) is 1. The third-order valence-corrected chi connectivity index (χ3v) is 6.14. The summed E-state index contributed by atoms with van der Waals surface area (Å²) < 4.78 is 32.4. The van der Waals surface area contributed by atoms with Crippen LogP contribution in [0.1, 0.15) is 26.3 Å². The maximum Gasteiger partial charge on any atom is 0.407 e. The number of hydrogen-bond acceptors (Lipinski definition) is 6. The Balaban J connectivity index is 2.28. The first-order valence-corrected chi connectivity index (χ1v) is 11.1. The zero-order chi connectivity index (χ0) is 23.2. The molecule has 0 aliphatic rings. The Morgan fingerprint density at radius 3 is 2.29 bits per heavy atom. The number of amides is 1. The monoisotopic (exact) mass is 449 g/mol. The molecule has 0 heterocycles. The van der Waals surface area contributed by atoms with Gasteiger partial charge >= 0.3 is 6.09 Å². The molecular weight excluding hydrogens is 422 g/mol. The zero-order valence-corrected chi connectivity index (χ0v) is 18.8. The maximum atomic E-state index is 13.0. The predicted molar refractivity (Wildman–Crippen MR) is 116 cm³/mol. The van der Waals surface area contributed by atoms with Crippen LogP contribution in [0.5, 0.6) is 0 Å². The van der Waals surface area contributed by atoms with Crippen LogP contribution in [0.2, 0.25) is 0 Å². The van der Waals surface area contributed by atoms with E-state index in [1.54, 1.807) is 20.8 Å². The molecule has 0 aromatic heterocycles. The average Bonchev–Trinajstić information content (AvgIpc) is 2.67. The summed E-state index contributed by atoms with van der Waals surface area (Å²) in [6, 6.07) is 13.8. The summed E-state index contributed by atoms with van der Waals surface area (Å²) in [6.45, 7) is 5.07. The van der Waals surface area contributed by atoms with E-state index in [0.29, 0.717) is 6.42 Å². The van der Waals surface area contributed by atoms with Gasteiger partial charge in [0.15, 0.2) is 4.90 Å². The van der Waals surface area contributed by atoms with Gasteiger partial charge in [0.25, 0.3) is 5.69 Å². The molecule has 0 saturated heterocycles. The molecule has 0 spiro atoms. The van der Waals surface area contributed by atoms with Crippen molar-refractivity contribution in [1.82, 2.24) is 9.62 Å². The second kappa shape index (κ2) is 9.88. The second-order valence-corrected chi connectivity index (χ2v) is 10.1. The fourth-order valence-electron chi connectivity index (χ4n) is 2.94. The first-order chi connectivity index (χ1) is 14.4. The molecule has 2 rings (SSSR count). The number of nitrogens with one attached hydrogen (secondary N) is 1. The van der Waals surface area contributed by atoms with Gasteiger partial charge in [0, 0.05) is 19.7 Å². The van der Waals surface area contributed by atoms with Crippen molar-refractivity contribution in [2.75, 3.05) is 13.6 Å². The Morgan fingerprint density at radius 1 is 1.13 bits per heavy atom. The van der Waals surface area contributed by atoms with Crippen LogP contribution in [0.15, 0.2) is 59.5 Å². The fraction of sp³-hybridized carbons (Fsp3) is 0.381. The number of ether oxygens (including phenoxy) is 1.